The summed E-state index contributed by atoms with van der Waals surface area (Å²) in [6.07, 6.45) is 2.47. The van der Waals surface area contributed by atoms with E-state index in [4.69, 9.17) is 4.52 Å². The fourth-order valence-electron chi connectivity index (χ4n) is 2.73. The molecule has 0 aromatic carbocycles. The number of rotatable bonds is 1. The van der Waals surface area contributed by atoms with Crippen LogP contribution in [0.1, 0.15) is 39.5 Å². The normalized spacial score (nSPS) is 28.8. The lowest BCUT2D eigenvalue weighted by atomic mass is 9.97. The Labute approximate surface area is 102 Å². The number of anilines is 1. The van der Waals surface area contributed by atoms with Gasteiger partial charge in [-0.3, -0.25) is 0 Å². The van der Waals surface area contributed by atoms with Crippen molar-refractivity contribution in [2.24, 2.45) is 0 Å². The number of aromatic nitrogens is 2. The summed E-state index contributed by atoms with van der Waals surface area (Å²) in [5, 5.41) is 7.61. The van der Waals surface area contributed by atoms with Crippen molar-refractivity contribution in [3.05, 3.63) is 5.89 Å². The molecule has 0 saturated carbocycles. The van der Waals surface area contributed by atoms with Crippen molar-refractivity contribution in [3.63, 3.8) is 0 Å². The highest BCUT2D eigenvalue weighted by atomic mass is 16.5. The van der Waals surface area contributed by atoms with Crippen LogP contribution in [0.3, 0.4) is 0 Å². The van der Waals surface area contributed by atoms with Gasteiger partial charge in [-0.05, 0) is 18.0 Å². The molecule has 2 aliphatic rings. The second-order valence-electron chi connectivity index (χ2n) is 6.10. The van der Waals surface area contributed by atoms with E-state index in [0.29, 0.717) is 12.1 Å². The molecule has 0 spiro atoms. The fourth-order valence-corrected chi connectivity index (χ4v) is 2.73. The molecule has 17 heavy (non-hydrogen) atoms. The molecular weight excluding hydrogens is 216 g/mol. The average molecular weight is 236 g/mol. The summed E-state index contributed by atoms with van der Waals surface area (Å²) in [5.41, 5.74) is -0.0711. The zero-order chi connectivity index (χ0) is 12.0. The molecule has 1 aromatic heterocycles. The number of hydrogen-bond acceptors (Lipinski definition) is 5. The highest BCUT2D eigenvalue weighted by molar-refractivity contribution is 5.36. The molecule has 2 fully saturated rings. The van der Waals surface area contributed by atoms with E-state index in [-0.39, 0.29) is 5.41 Å². The van der Waals surface area contributed by atoms with Gasteiger partial charge in [0, 0.05) is 30.6 Å². The molecule has 3 rings (SSSR count). The minimum Gasteiger partial charge on any atom is -0.337 e. The van der Waals surface area contributed by atoms with E-state index >= 15 is 0 Å². The molecule has 2 atom stereocenters. The third-order valence-corrected chi connectivity index (χ3v) is 3.67. The van der Waals surface area contributed by atoms with Crippen LogP contribution < -0.4 is 10.2 Å². The van der Waals surface area contributed by atoms with Gasteiger partial charge in [0.15, 0.2) is 0 Å². The van der Waals surface area contributed by atoms with Crippen LogP contribution in [-0.4, -0.2) is 35.3 Å². The Balaban J connectivity index is 1.87. The summed E-state index contributed by atoms with van der Waals surface area (Å²) in [6.45, 7) is 8.36. The molecule has 2 aliphatic heterocycles. The lowest BCUT2D eigenvalue weighted by Crippen LogP contribution is -2.52. The molecule has 0 radical (unpaired) electrons. The lowest BCUT2D eigenvalue weighted by molar-refractivity contribution is 0.319. The van der Waals surface area contributed by atoms with Gasteiger partial charge in [0.25, 0.3) is 5.95 Å². The standard InChI is InChI=1S/C12H20N4O/c1-12(2,3)10-14-11(15-17-10)16-8-4-5-9(16)7-13-6-8/h8-9,13H,4-7H2,1-3H3. The second kappa shape index (κ2) is 3.70. The summed E-state index contributed by atoms with van der Waals surface area (Å²) in [7, 11) is 0. The molecule has 5 nitrogen and oxygen atoms in total. The van der Waals surface area contributed by atoms with E-state index in [0.717, 1.165) is 24.9 Å². The molecule has 3 heterocycles. The number of nitrogens with one attached hydrogen (secondary N) is 1. The number of piperazine rings is 1. The molecule has 0 amide bonds. The van der Waals surface area contributed by atoms with Crippen LogP contribution in [0.25, 0.3) is 0 Å². The van der Waals surface area contributed by atoms with Crippen molar-refractivity contribution < 1.29 is 4.52 Å². The van der Waals surface area contributed by atoms with Crippen LogP contribution in [0.4, 0.5) is 5.95 Å². The van der Waals surface area contributed by atoms with Gasteiger partial charge in [-0.15, -0.1) is 0 Å². The SMILES string of the molecule is CC(C)(C)c1nc(N2C3CCC2CNC3)no1. The van der Waals surface area contributed by atoms with Gasteiger partial charge in [-0.25, -0.2) is 0 Å². The van der Waals surface area contributed by atoms with Crippen molar-refractivity contribution in [3.8, 4) is 0 Å². The molecule has 1 N–H and O–H groups in total. The minimum absolute atomic E-state index is 0.0711. The smallest absolute Gasteiger partial charge is 0.266 e. The number of hydrogen-bond donors (Lipinski definition) is 1. The Morgan fingerprint density at radius 2 is 1.88 bits per heavy atom. The first-order valence-electron chi connectivity index (χ1n) is 6.39. The van der Waals surface area contributed by atoms with Crippen molar-refractivity contribution in [1.29, 1.82) is 0 Å². The van der Waals surface area contributed by atoms with Gasteiger partial charge in [-0.1, -0.05) is 20.8 Å². The zero-order valence-corrected chi connectivity index (χ0v) is 10.7. The highest BCUT2D eigenvalue weighted by Gasteiger charge is 2.39. The monoisotopic (exact) mass is 236 g/mol. The van der Waals surface area contributed by atoms with E-state index in [9.17, 15) is 0 Å². The molecule has 5 heteroatoms. The van der Waals surface area contributed by atoms with E-state index < -0.39 is 0 Å². The summed E-state index contributed by atoms with van der Waals surface area (Å²) < 4.78 is 5.38. The topological polar surface area (TPSA) is 54.2 Å². The molecular formula is C12H20N4O. The van der Waals surface area contributed by atoms with Gasteiger partial charge in [0.2, 0.25) is 5.89 Å². The van der Waals surface area contributed by atoms with E-state index in [1.165, 1.54) is 12.8 Å². The van der Waals surface area contributed by atoms with Crippen LogP contribution >= 0.6 is 0 Å². The Hall–Kier alpha value is -1.10. The minimum atomic E-state index is -0.0711. The van der Waals surface area contributed by atoms with Crippen molar-refractivity contribution in [1.82, 2.24) is 15.5 Å². The molecule has 2 bridgehead atoms. The Morgan fingerprint density at radius 1 is 1.24 bits per heavy atom. The quantitative estimate of drug-likeness (QED) is 0.796. The molecule has 0 aliphatic carbocycles. The van der Waals surface area contributed by atoms with Crippen LogP contribution in [-0.2, 0) is 5.41 Å². The highest BCUT2D eigenvalue weighted by Crippen LogP contribution is 2.31. The largest absolute Gasteiger partial charge is 0.337 e. The summed E-state index contributed by atoms with van der Waals surface area (Å²) in [5.74, 6) is 1.51. The van der Waals surface area contributed by atoms with Crippen LogP contribution in [0.5, 0.6) is 0 Å². The summed E-state index contributed by atoms with van der Waals surface area (Å²) in [6, 6.07) is 1.08. The predicted octanol–water partition coefficient (Wildman–Crippen LogP) is 1.31. The number of fused-ring (bicyclic) bond motifs is 2. The van der Waals surface area contributed by atoms with Crippen LogP contribution in [0.15, 0.2) is 4.52 Å². The second-order valence-corrected chi connectivity index (χ2v) is 6.10. The van der Waals surface area contributed by atoms with E-state index in [1.54, 1.807) is 0 Å². The van der Waals surface area contributed by atoms with Gasteiger partial charge in [0.1, 0.15) is 0 Å². The van der Waals surface area contributed by atoms with Crippen LogP contribution in [0, 0.1) is 0 Å². The molecule has 94 valence electrons. The van der Waals surface area contributed by atoms with Crippen molar-refractivity contribution >= 4 is 5.95 Å². The first kappa shape index (κ1) is 11.0. The van der Waals surface area contributed by atoms with Crippen molar-refractivity contribution in [2.75, 3.05) is 18.0 Å². The predicted molar refractivity (Wildman–Crippen MR) is 65.2 cm³/mol. The van der Waals surface area contributed by atoms with E-state index in [1.807, 2.05) is 0 Å². The third-order valence-electron chi connectivity index (χ3n) is 3.67. The van der Waals surface area contributed by atoms with Crippen molar-refractivity contribution in [2.45, 2.75) is 51.1 Å². The zero-order valence-electron chi connectivity index (χ0n) is 10.7. The summed E-state index contributed by atoms with van der Waals surface area (Å²) in [4.78, 5) is 6.91. The maximum Gasteiger partial charge on any atom is 0.266 e. The number of nitrogens with zero attached hydrogens (tertiary/aromatic N) is 3. The molecule has 2 unspecified atom stereocenters. The lowest BCUT2D eigenvalue weighted by Gasteiger charge is -2.33. The maximum atomic E-state index is 5.38. The maximum absolute atomic E-state index is 5.38. The average Bonchev–Trinajstić information content (AvgIpc) is 2.80. The van der Waals surface area contributed by atoms with Gasteiger partial charge in [-0.2, -0.15) is 4.98 Å². The third kappa shape index (κ3) is 1.82. The van der Waals surface area contributed by atoms with Gasteiger partial charge >= 0.3 is 0 Å². The van der Waals surface area contributed by atoms with Gasteiger partial charge < -0.3 is 14.7 Å². The summed E-state index contributed by atoms with van der Waals surface area (Å²) >= 11 is 0. The fraction of sp³-hybridized carbons (Fsp3) is 0.833. The van der Waals surface area contributed by atoms with E-state index in [2.05, 4.69) is 41.1 Å². The Morgan fingerprint density at radius 3 is 2.41 bits per heavy atom. The molecule has 2 saturated heterocycles. The van der Waals surface area contributed by atoms with Gasteiger partial charge in [0.05, 0.1) is 0 Å². The molecule has 1 aromatic rings. The van der Waals surface area contributed by atoms with Crippen LogP contribution in [0.2, 0.25) is 0 Å². The first-order valence-corrected chi connectivity index (χ1v) is 6.39. The Kier molecular flexibility index (Phi) is 2.40. The first-order chi connectivity index (χ1) is 8.05. The Bertz CT molecular complexity index is 393.